The quantitative estimate of drug-likeness (QED) is 0.782. The van der Waals surface area contributed by atoms with Gasteiger partial charge in [-0.1, -0.05) is 0 Å². The molecule has 5 heteroatoms. The molecule has 0 radical (unpaired) electrons. The molecule has 0 saturated heterocycles. The Labute approximate surface area is 117 Å². The van der Waals surface area contributed by atoms with Gasteiger partial charge in [0.05, 0.1) is 18.6 Å². The van der Waals surface area contributed by atoms with Crippen LogP contribution >= 0.6 is 0 Å². The lowest BCUT2D eigenvalue weighted by atomic mass is 10.2. The van der Waals surface area contributed by atoms with E-state index < -0.39 is 0 Å². The van der Waals surface area contributed by atoms with Gasteiger partial charge in [0.1, 0.15) is 0 Å². The third-order valence-electron chi connectivity index (χ3n) is 3.49. The second-order valence-corrected chi connectivity index (χ2v) is 5.17. The fourth-order valence-electron chi connectivity index (χ4n) is 2.01. The summed E-state index contributed by atoms with van der Waals surface area (Å²) in [6, 6.07) is 7.76. The summed E-state index contributed by atoms with van der Waals surface area (Å²) in [6.07, 6.45) is 3.74. The molecule has 1 aromatic carbocycles. The van der Waals surface area contributed by atoms with Crippen molar-refractivity contribution in [2.75, 3.05) is 10.6 Å². The van der Waals surface area contributed by atoms with E-state index in [-0.39, 0.29) is 11.8 Å². The molecule has 5 nitrogen and oxygen atoms in total. The molecule has 104 valence electrons. The number of aromatic nitrogens is 2. The average molecular weight is 270 g/mol. The van der Waals surface area contributed by atoms with E-state index in [2.05, 4.69) is 20.6 Å². The Balaban J connectivity index is 1.55. The van der Waals surface area contributed by atoms with Crippen LogP contribution in [0.2, 0.25) is 0 Å². The molecule has 0 bridgehead atoms. The van der Waals surface area contributed by atoms with Crippen molar-refractivity contribution >= 4 is 17.3 Å². The summed E-state index contributed by atoms with van der Waals surface area (Å²) in [5.74, 6) is 0.369. The number of hydrogen-bond acceptors (Lipinski definition) is 3. The van der Waals surface area contributed by atoms with Crippen molar-refractivity contribution in [2.24, 2.45) is 5.92 Å². The molecule has 0 unspecified atom stereocenters. The summed E-state index contributed by atoms with van der Waals surface area (Å²) in [5.41, 5.74) is 3.95. The van der Waals surface area contributed by atoms with E-state index >= 15 is 0 Å². The standard InChI is InChI=1S/C15H18N4O/c1-10-14(18-9-17-10)8-16-12-4-6-13(7-5-12)19-15(20)11-2-3-11/h4-7,9,11,16H,2-3,8H2,1H3,(H,17,18)(H,19,20). The maximum absolute atomic E-state index is 11.6. The van der Waals surface area contributed by atoms with E-state index in [0.717, 1.165) is 35.6 Å². The van der Waals surface area contributed by atoms with Gasteiger partial charge >= 0.3 is 0 Å². The van der Waals surface area contributed by atoms with Crippen molar-refractivity contribution in [1.29, 1.82) is 0 Å². The Bertz CT molecular complexity index is 599. The van der Waals surface area contributed by atoms with Crippen LogP contribution in [0, 0.1) is 12.8 Å². The highest BCUT2D eigenvalue weighted by atomic mass is 16.2. The molecule has 3 rings (SSSR count). The number of carbonyl (C=O) groups excluding carboxylic acids is 1. The third kappa shape index (κ3) is 2.99. The minimum absolute atomic E-state index is 0.137. The van der Waals surface area contributed by atoms with E-state index in [0.29, 0.717) is 6.54 Å². The molecule has 1 heterocycles. The largest absolute Gasteiger partial charge is 0.379 e. The van der Waals surface area contributed by atoms with Crippen molar-refractivity contribution in [3.63, 3.8) is 0 Å². The molecule has 1 saturated carbocycles. The first-order valence-corrected chi connectivity index (χ1v) is 6.86. The smallest absolute Gasteiger partial charge is 0.227 e. The molecule has 1 aromatic heterocycles. The monoisotopic (exact) mass is 270 g/mol. The number of aryl methyl sites for hydroxylation is 1. The summed E-state index contributed by atoms with van der Waals surface area (Å²) in [6.45, 7) is 2.68. The number of imidazole rings is 1. The van der Waals surface area contributed by atoms with Crippen molar-refractivity contribution in [1.82, 2.24) is 9.97 Å². The fraction of sp³-hybridized carbons (Fsp3) is 0.333. The van der Waals surface area contributed by atoms with Crippen LogP contribution in [0.1, 0.15) is 24.2 Å². The van der Waals surface area contributed by atoms with Gasteiger partial charge in [0, 0.05) is 23.0 Å². The molecule has 1 aliphatic rings. The fourth-order valence-corrected chi connectivity index (χ4v) is 2.01. The van der Waals surface area contributed by atoms with Gasteiger partial charge < -0.3 is 15.6 Å². The summed E-state index contributed by atoms with van der Waals surface area (Å²) >= 11 is 0. The number of hydrogen-bond donors (Lipinski definition) is 3. The van der Waals surface area contributed by atoms with Gasteiger partial charge in [0.2, 0.25) is 5.91 Å². The molecular formula is C15H18N4O. The van der Waals surface area contributed by atoms with Gasteiger partial charge in [-0.05, 0) is 44.0 Å². The maximum Gasteiger partial charge on any atom is 0.227 e. The first kappa shape index (κ1) is 12.7. The Morgan fingerprint density at radius 1 is 1.30 bits per heavy atom. The lowest BCUT2D eigenvalue weighted by Gasteiger charge is -2.08. The summed E-state index contributed by atoms with van der Waals surface area (Å²) < 4.78 is 0. The van der Waals surface area contributed by atoms with Gasteiger partial charge in [-0.2, -0.15) is 0 Å². The number of carbonyl (C=O) groups is 1. The van der Waals surface area contributed by atoms with Gasteiger partial charge in [-0.15, -0.1) is 0 Å². The van der Waals surface area contributed by atoms with Gasteiger partial charge in [0.15, 0.2) is 0 Å². The zero-order valence-electron chi connectivity index (χ0n) is 11.4. The highest BCUT2D eigenvalue weighted by Crippen LogP contribution is 2.30. The van der Waals surface area contributed by atoms with E-state index in [1.807, 2.05) is 31.2 Å². The molecule has 2 aromatic rings. The molecule has 0 aliphatic heterocycles. The van der Waals surface area contributed by atoms with Crippen LogP contribution in [-0.2, 0) is 11.3 Å². The highest BCUT2D eigenvalue weighted by Gasteiger charge is 2.29. The Morgan fingerprint density at radius 3 is 2.60 bits per heavy atom. The number of rotatable bonds is 5. The van der Waals surface area contributed by atoms with Crippen LogP contribution in [0.3, 0.4) is 0 Å². The second-order valence-electron chi connectivity index (χ2n) is 5.17. The van der Waals surface area contributed by atoms with E-state index in [1.54, 1.807) is 6.33 Å². The van der Waals surface area contributed by atoms with E-state index in [9.17, 15) is 4.79 Å². The summed E-state index contributed by atoms with van der Waals surface area (Å²) in [4.78, 5) is 18.9. The number of aromatic amines is 1. The maximum atomic E-state index is 11.6. The third-order valence-corrected chi connectivity index (χ3v) is 3.49. The first-order valence-electron chi connectivity index (χ1n) is 6.86. The van der Waals surface area contributed by atoms with E-state index in [4.69, 9.17) is 0 Å². The van der Waals surface area contributed by atoms with Crippen LogP contribution in [0.15, 0.2) is 30.6 Å². The number of nitrogens with zero attached hydrogens (tertiary/aromatic N) is 1. The first-order chi connectivity index (χ1) is 9.72. The number of amides is 1. The van der Waals surface area contributed by atoms with E-state index in [1.165, 1.54) is 0 Å². The van der Waals surface area contributed by atoms with Crippen LogP contribution in [0.25, 0.3) is 0 Å². The van der Waals surface area contributed by atoms with Crippen molar-refractivity contribution < 1.29 is 4.79 Å². The molecule has 20 heavy (non-hydrogen) atoms. The van der Waals surface area contributed by atoms with Gasteiger partial charge in [0.25, 0.3) is 0 Å². The Kier molecular flexibility index (Phi) is 3.41. The molecular weight excluding hydrogens is 252 g/mol. The van der Waals surface area contributed by atoms with Crippen LogP contribution in [-0.4, -0.2) is 15.9 Å². The second kappa shape index (κ2) is 5.36. The van der Waals surface area contributed by atoms with Crippen LogP contribution < -0.4 is 10.6 Å². The average Bonchev–Trinajstić information content (AvgIpc) is 3.22. The van der Waals surface area contributed by atoms with Gasteiger partial charge in [-0.25, -0.2) is 4.98 Å². The van der Waals surface area contributed by atoms with Crippen molar-refractivity contribution in [3.05, 3.63) is 42.0 Å². The lowest BCUT2D eigenvalue weighted by Crippen LogP contribution is -2.13. The van der Waals surface area contributed by atoms with Crippen LogP contribution in [0.4, 0.5) is 11.4 Å². The predicted molar refractivity (Wildman–Crippen MR) is 78.4 cm³/mol. The summed E-state index contributed by atoms with van der Waals surface area (Å²) in [5, 5.41) is 6.23. The highest BCUT2D eigenvalue weighted by molar-refractivity contribution is 5.94. The molecule has 1 fully saturated rings. The normalized spacial score (nSPS) is 14.1. The van der Waals surface area contributed by atoms with Crippen molar-refractivity contribution in [2.45, 2.75) is 26.3 Å². The molecule has 0 atom stereocenters. The Hall–Kier alpha value is -2.30. The van der Waals surface area contributed by atoms with Gasteiger partial charge in [-0.3, -0.25) is 4.79 Å². The van der Waals surface area contributed by atoms with Crippen molar-refractivity contribution in [3.8, 4) is 0 Å². The minimum Gasteiger partial charge on any atom is -0.379 e. The van der Waals surface area contributed by atoms with Crippen LogP contribution in [0.5, 0.6) is 0 Å². The molecule has 1 aliphatic carbocycles. The number of anilines is 2. The summed E-state index contributed by atoms with van der Waals surface area (Å²) in [7, 11) is 0. The molecule has 1 amide bonds. The lowest BCUT2D eigenvalue weighted by molar-refractivity contribution is -0.117. The number of H-pyrrole nitrogens is 1. The number of benzene rings is 1. The topological polar surface area (TPSA) is 69.8 Å². The number of nitrogens with one attached hydrogen (secondary N) is 3. The molecule has 3 N–H and O–H groups in total. The minimum atomic E-state index is 0.137. The molecule has 0 spiro atoms. The SMILES string of the molecule is Cc1[nH]cnc1CNc1ccc(NC(=O)C2CC2)cc1. The zero-order valence-corrected chi connectivity index (χ0v) is 11.4. The predicted octanol–water partition coefficient (Wildman–Crippen LogP) is 2.68. The zero-order chi connectivity index (χ0) is 13.9. The Morgan fingerprint density at radius 2 is 2.00 bits per heavy atom.